The van der Waals surface area contributed by atoms with E-state index in [0.29, 0.717) is 11.3 Å². The van der Waals surface area contributed by atoms with Gasteiger partial charge in [-0.05, 0) is 43.0 Å². The van der Waals surface area contributed by atoms with E-state index < -0.39 is 0 Å². The molecule has 0 aromatic heterocycles. The maximum Gasteiger partial charge on any atom is 0.251 e. The Morgan fingerprint density at radius 3 is 2.84 bits per heavy atom. The number of aromatic hydroxyl groups is 1. The van der Waals surface area contributed by atoms with Crippen LogP contribution >= 0.6 is 11.8 Å². The Balaban J connectivity index is 2.55. The van der Waals surface area contributed by atoms with E-state index in [0.717, 1.165) is 17.9 Å². The van der Waals surface area contributed by atoms with Gasteiger partial charge < -0.3 is 15.2 Å². The van der Waals surface area contributed by atoms with Crippen molar-refractivity contribution < 1.29 is 14.6 Å². The number of phenols is 1. The Hall–Kier alpha value is -1.36. The molecule has 1 amide bonds. The quantitative estimate of drug-likeness (QED) is 0.755. The van der Waals surface area contributed by atoms with Gasteiger partial charge in [0.1, 0.15) is 0 Å². The van der Waals surface area contributed by atoms with Gasteiger partial charge in [0.25, 0.3) is 5.91 Å². The summed E-state index contributed by atoms with van der Waals surface area (Å²) in [5.41, 5.74) is 0.438. The average molecular weight is 283 g/mol. The molecular weight excluding hydrogens is 262 g/mol. The number of carbonyl (C=O) groups excluding carboxylic acids is 1. The summed E-state index contributed by atoms with van der Waals surface area (Å²) in [6, 6.07) is 4.76. The topological polar surface area (TPSA) is 58.6 Å². The van der Waals surface area contributed by atoms with Crippen LogP contribution in [-0.4, -0.2) is 35.7 Å². The highest BCUT2D eigenvalue weighted by atomic mass is 32.2. The first-order valence-corrected chi connectivity index (χ1v) is 7.49. The largest absolute Gasteiger partial charge is 0.504 e. The SMILES string of the molecule is CCSCCC(C)NC(=O)c1ccc(OC)c(O)c1. The molecule has 1 rings (SSSR count). The van der Waals surface area contributed by atoms with Crippen LogP contribution in [0.4, 0.5) is 0 Å². The van der Waals surface area contributed by atoms with E-state index >= 15 is 0 Å². The highest BCUT2D eigenvalue weighted by Crippen LogP contribution is 2.26. The van der Waals surface area contributed by atoms with Gasteiger partial charge in [-0.25, -0.2) is 0 Å². The minimum Gasteiger partial charge on any atom is -0.504 e. The average Bonchev–Trinajstić information content (AvgIpc) is 2.38. The molecule has 0 saturated carbocycles. The van der Waals surface area contributed by atoms with Crippen molar-refractivity contribution in [1.82, 2.24) is 5.32 Å². The second kappa shape index (κ2) is 7.94. The standard InChI is InChI=1S/C14H21NO3S/c1-4-19-8-7-10(2)15-14(17)11-5-6-13(18-3)12(16)9-11/h5-6,9-10,16H,4,7-8H2,1-3H3,(H,15,17). The van der Waals surface area contributed by atoms with Crippen LogP contribution in [0.15, 0.2) is 18.2 Å². The number of carbonyl (C=O) groups is 1. The molecule has 2 N–H and O–H groups in total. The molecule has 0 aliphatic heterocycles. The smallest absolute Gasteiger partial charge is 0.251 e. The lowest BCUT2D eigenvalue weighted by Crippen LogP contribution is -2.32. The molecule has 1 aromatic rings. The molecule has 106 valence electrons. The maximum absolute atomic E-state index is 12.0. The third kappa shape index (κ3) is 5.03. The van der Waals surface area contributed by atoms with E-state index in [1.165, 1.54) is 13.2 Å². The Kier molecular flexibility index (Phi) is 6.56. The number of methoxy groups -OCH3 is 1. The third-order valence-electron chi connectivity index (χ3n) is 2.72. The molecule has 0 fully saturated rings. The molecule has 0 radical (unpaired) electrons. The fourth-order valence-electron chi connectivity index (χ4n) is 1.61. The van der Waals surface area contributed by atoms with E-state index in [1.807, 2.05) is 18.7 Å². The summed E-state index contributed by atoms with van der Waals surface area (Å²) >= 11 is 1.86. The van der Waals surface area contributed by atoms with Crippen LogP contribution < -0.4 is 10.1 Å². The van der Waals surface area contributed by atoms with Gasteiger partial charge in [-0.2, -0.15) is 11.8 Å². The van der Waals surface area contributed by atoms with Gasteiger partial charge in [0.2, 0.25) is 0 Å². The monoisotopic (exact) mass is 283 g/mol. The van der Waals surface area contributed by atoms with Crippen molar-refractivity contribution in [1.29, 1.82) is 0 Å². The van der Waals surface area contributed by atoms with E-state index in [4.69, 9.17) is 4.74 Å². The Morgan fingerprint density at radius 1 is 1.53 bits per heavy atom. The molecule has 0 aliphatic carbocycles. The van der Waals surface area contributed by atoms with Crippen LogP contribution in [-0.2, 0) is 0 Å². The highest BCUT2D eigenvalue weighted by Gasteiger charge is 2.12. The van der Waals surface area contributed by atoms with Crippen LogP contribution in [0.25, 0.3) is 0 Å². The molecule has 4 nitrogen and oxygen atoms in total. The van der Waals surface area contributed by atoms with Gasteiger partial charge in [0.05, 0.1) is 7.11 Å². The molecule has 1 aromatic carbocycles. The van der Waals surface area contributed by atoms with Gasteiger partial charge in [0.15, 0.2) is 11.5 Å². The fraction of sp³-hybridized carbons (Fsp3) is 0.500. The number of amides is 1. The molecule has 0 spiro atoms. The third-order valence-corrected chi connectivity index (χ3v) is 3.65. The first-order chi connectivity index (χ1) is 9.08. The van der Waals surface area contributed by atoms with E-state index in [-0.39, 0.29) is 17.7 Å². The number of benzene rings is 1. The number of phenolic OH excluding ortho intramolecular Hbond substituents is 1. The lowest BCUT2D eigenvalue weighted by Gasteiger charge is -2.14. The van der Waals surface area contributed by atoms with Gasteiger partial charge in [-0.15, -0.1) is 0 Å². The molecule has 0 heterocycles. The van der Waals surface area contributed by atoms with Crippen molar-refractivity contribution in [3.05, 3.63) is 23.8 Å². The van der Waals surface area contributed by atoms with Crippen molar-refractivity contribution in [2.75, 3.05) is 18.6 Å². The second-order valence-electron chi connectivity index (χ2n) is 4.25. The zero-order valence-corrected chi connectivity index (χ0v) is 12.4. The summed E-state index contributed by atoms with van der Waals surface area (Å²) in [5, 5.41) is 12.6. The van der Waals surface area contributed by atoms with Crippen LogP contribution in [0.2, 0.25) is 0 Å². The highest BCUT2D eigenvalue weighted by molar-refractivity contribution is 7.99. The minimum atomic E-state index is -0.174. The molecular formula is C14H21NO3S. The summed E-state index contributed by atoms with van der Waals surface area (Å²) in [6.07, 6.45) is 0.937. The predicted octanol–water partition coefficient (Wildman–Crippen LogP) is 2.66. The maximum atomic E-state index is 12.0. The van der Waals surface area contributed by atoms with Crippen molar-refractivity contribution in [2.45, 2.75) is 26.3 Å². The summed E-state index contributed by atoms with van der Waals surface area (Å²) in [6.45, 7) is 4.10. The zero-order valence-electron chi connectivity index (χ0n) is 11.6. The van der Waals surface area contributed by atoms with E-state index in [2.05, 4.69) is 12.2 Å². The van der Waals surface area contributed by atoms with Gasteiger partial charge >= 0.3 is 0 Å². The lowest BCUT2D eigenvalue weighted by atomic mass is 10.1. The van der Waals surface area contributed by atoms with Crippen molar-refractivity contribution in [2.24, 2.45) is 0 Å². The molecule has 0 aliphatic rings. The fourth-order valence-corrected chi connectivity index (χ4v) is 2.42. The lowest BCUT2D eigenvalue weighted by molar-refractivity contribution is 0.0939. The molecule has 0 bridgehead atoms. The molecule has 5 heteroatoms. The first kappa shape index (κ1) is 15.7. The number of ether oxygens (including phenoxy) is 1. The molecule has 0 saturated heterocycles. The first-order valence-electron chi connectivity index (χ1n) is 6.34. The second-order valence-corrected chi connectivity index (χ2v) is 5.64. The Morgan fingerprint density at radius 2 is 2.26 bits per heavy atom. The zero-order chi connectivity index (χ0) is 14.3. The predicted molar refractivity (Wildman–Crippen MR) is 79.2 cm³/mol. The van der Waals surface area contributed by atoms with Crippen LogP contribution in [0, 0.1) is 0 Å². The molecule has 1 atom stereocenters. The van der Waals surface area contributed by atoms with Crippen molar-refractivity contribution in [3.63, 3.8) is 0 Å². The number of nitrogens with one attached hydrogen (secondary N) is 1. The van der Waals surface area contributed by atoms with Crippen molar-refractivity contribution >= 4 is 17.7 Å². The van der Waals surface area contributed by atoms with Crippen LogP contribution in [0.1, 0.15) is 30.6 Å². The van der Waals surface area contributed by atoms with Crippen molar-refractivity contribution in [3.8, 4) is 11.5 Å². The van der Waals surface area contributed by atoms with E-state index in [1.54, 1.807) is 12.1 Å². The normalized spacial score (nSPS) is 11.9. The molecule has 1 unspecified atom stereocenters. The van der Waals surface area contributed by atoms with Gasteiger partial charge in [0, 0.05) is 11.6 Å². The number of thioether (sulfide) groups is 1. The Labute approximate surface area is 118 Å². The van der Waals surface area contributed by atoms with Gasteiger partial charge in [-0.1, -0.05) is 6.92 Å². The summed E-state index contributed by atoms with van der Waals surface area (Å²) in [7, 11) is 1.47. The number of hydrogen-bond acceptors (Lipinski definition) is 4. The summed E-state index contributed by atoms with van der Waals surface area (Å²) in [4.78, 5) is 12.0. The van der Waals surface area contributed by atoms with Crippen LogP contribution in [0.3, 0.4) is 0 Å². The summed E-state index contributed by atoms with van der Waals surface area (Å²) < 4.78 is 4.94. The molecule has 19 heavy (non-hydrogen) atoms. The minimum absolute atomic E-state index is 0.0238. The summed E-state index contributed by atoms with van der Waals surface area (Å²) in [5.74, 6) is 2.29. The Bertz CT molecular complexity index is 423. The van der Waals surface area contributed by atoms with Crippen LogP contribution in [0.5, 0.6) is 11.5 Å². The van der Waals surface area contributed by atoms with E-state index in [9.17, 15) is 9.90 Å². The number of rotatable bonds is 7. The van der Waals surface area contributed by atoms with Gasteiger partial charge in [-0.3, -0.25) is 4.79 Å². The number of hydrogen-bond donors (Lipinski definition) is 2.